The maximum atomic E-state index is 12.4. The minimum absolute atomic E-state index is 0.137. The minimum atomic E-state index is -3.70. The molecule has 0 bridgehead atoms. The molecular formula is C20H22N2O3S2. The van der Waals surface area contributed by atoms with Gasteiger partial charge in [-0.25, -0.2) is 8.42 Å². The molecule has 0 radical (unpaired) electrons. The number of nitrogens with zero attached hydrogens (tertiary/aromatic N) is 2. The van der Waals surface area contributed by atoms with Gasteiger partial charge in [-0.1, -0.05) is 42.5 Å². The van der Waals surface area contributed by atoms with Crippen molar-refractivity contribution in [2.45, 2.75) is 38.6 Å². The molecule has 0 aliphatic heterocycles. The van der Waals surface area contributed by atoms with Crippen LogP contribution in [-0.2, 0) is 21.2 Å². The Balaban J connectivity index is 2.03. The van der Waals surface area contributed by atoms with Crippen molar-refractivity contribution in [1.82, 2.24) is 4.57 Å². The monoisotopic (exact) mass is 402 g/mol. The lowest BCUT2D eigenvalue weighted by Crippen LogP contribution is -2.21. The van der Waals surface area contributed by atoms with E-state index in [1.807, 2.05) is 18.4 Å². The highest BCUT2D eigenvalue weighted by atomic mass is 32.2. The van der Waals surface area contributed by atoms with E-state index in [9.17, 15) is 13.2 Å². The number of hydrogen-bond donors (Lipinski definition) is 0. The smallest absolute Gasteiger partial charge is 0.263 e. The fourth-order valence-corrected chi connectivity index (χ4v) is 5.30. The molecule has 0 N–H and O–H groups in total. The van der Waals surface area contributed by atoms with Gasteiger partial charge in [-0.3, -0.25) is 4.79 Å². The van der Waals surface area contributed by atoms with E-state index in [0.717, 1.165) is 34.3 Å². The molecule has 1 aromatic heterocycles. The molecule has 1 heterocycles. The van der Waals surface area contributed by atoms with Crippen molar-refractivity contribution in [3.8, 4) is 0 Å². The van der Waals surface area contributed by atoms with Crippen LogP contribution in [0.5, 0.6) is 0 Å². The third-order valence-corrected chi connectivity index (χ3v) is 7.04. The van der Waals surface area contributed by atoms with Gasteiger partial charge in [0.05, 0.1) is 15.1 Å². The Morgan fingerprint density at radius 2 is 1.85 bits per heavy atom. The van der Waals surface area contributed by atoms with Gasteiger partial charge in [-0.05, 0) is 49.6 Å². The zero-order chi connectivity index (χ0) is 19.6. The van der Waals surface area contributed by atoms with Gasteiger partial charge in [0.1, 0.15) is 5.75 Å². The number of hydrogen-bond acceptors (Lipinski definition) is 4. The van der Waals surface area contributed by atoms with Gasteiger partial charge >= 0.3 is 0 Å². The Bertz CT molecular complexity index is 1160. The highest BCUT2D eigenvalue weighted by Crippen LogP contribution is 2.23. The summed E-state index contributed by atoms with van der Waals surface area (Å²) in [7, 11) is -3.70. The van der Waals surface area contributed by atoms with E-state index >= 15 is 0 Å². The molecule has 142 valence electrons. The normalized spacial score (nSPS) is 12.6. The molecule has 0 fully saturated rings. The van der Waals surface area contributed by atoms with E-state index in [4.69, 9.17) is 0 Å². The summed E-state index contributed by atoms with van der Waals surface area (Å²) in [6, 6.07) is 12.2. The Kier molecular flexibility index (Phi) is 5.62. The average Bonchev–Trinajstić information content (AvgIpc) is 2.93. The summed E-state index contributed by atoms with van der Waals surface area (Å²) in [5.41, 5.74) is 3.31. The molecule has 0 atom stereocenters. The van der Waals surface area contributed by atoms with Crippen LogP contribution in [0.3, 0.4) is 0 Å². The minimum Gasteiger partial charge on any atom is -0.316 e. The molecule has 0 saturated carbocycles. The number of sulfone groups is 1. The van der Waals surface area contributed by atoms with Gasteiger partial charge in [-0.15, -0.1) is 0 Å². The number of carbonyl (C=O) groups excluding carboxylic acids is 1. The number of thiazole rings is 1. The molecule has 0 aliphatic rings. The van der Waals surface area contributed by atoms with Crippen molar-refractivity contribution >= 4 is 37.3 Å². The summed E-state index contributed by atoms with van der Waals surface area (Å²) in [6.07, 6.45) is 0.891. The fraction of sp³-hybridized carbons (Fsp3) is 0.300. The first-order valence-corrected chi connectivity index (χ1v) is 11.2. The van der Waals surface area contributed by atoms with Gasteiger partial charge < -0.3 is 4.57 Å². The Labute approximate surface area is 162 Å². The predicted octanol–water partition coefficient (Wildman–Crippen LogP) is 3.63. The summed E-state index contributed by atoms with van der Waals surface area (Å²) in [6.45, 7) is 6.85. The quantitative estimate of drug-likeness (QED) is 0.654. The third kappa shape index (κ3) is 4.20. The molecule has 5 nitrogen and oxygen atoms in total. The lowest BCUT2D eigenvalue weighted by molar-refractivity contribution is -0.115. The van der Waals surface area contributed by atoms with Gasteiger partial charge in [-0.2, -0.15) is 4.99 Å². The molecule has 7 heteroatoms. The molecule has 27 heavy (non-hydrogen) atoms. The summed E-state index contributed by atoms with van der Waals surface area (Å²) in [5.74, 6) is -1.28. The second-order valence-electron chi connectivity index (χ2n) is 6.54. The first-order valence-electron chi connectivity index (χ1n) is 8.78. The largest absolute Gasteiger partial charge is 0.316 e. The van der Waals surface area contributed by atoms with Crippen LogP contribution < -0.4 is 4.80 Å². The Morgan fingerprint density at radius 1 is 1.15 bits per heavy atom. The van der Waals surface area contributed by atoms with E-state index in [1.165, 1.54) is 23.5 Å². The Morgan fingerprint density at radius 3 is 2.52 bits per heavy atom. The topological polar surface area (TPSA) is 68.5 Å². The SMILES string of the molecule is CCCn1c(=NC(=O)CS(=O)(=O)c2ccccc2)sc2c(C)cc(C)cc21. The number of aryl methyl sites for hydroxylation is 3. The maximum Gasteiger partial charge on any atom is 0.263 e. The fourth-order valence-electron chi connectivity index (χ4n) is 3.05. The highest BCUT2D eigenvalue weighted by molar-refractivity contribution is 7.92. The molecule has 0 spiro atoms. The molecule has 0 aliphatic carbocycles. The number of carbonyl (C=O) groups is 1. The van der Waals surface area contributed by atoms with Crippen molar-refractivity contribution in [3.05, 3.63) is 58.4 Å². The lowest BCUT2D eigenvalue weighted by Gasteiger charge is -2.05. The van der Waals surface area contributed by atoms with E-state index < -0.39 is 21.5 Å². The van der Waals surface area contributed by atoms with Crippen LogP contribution in [0.15, 0.2) is 52.4 Å². The van der Waals surface area contributed by atoms with Crippen LogP contribution in [0.25, 0.3) is 10.2 Å². The predicted molar refractivity (Wildman–Crippen MR) is 109 cm³/mol. The van der Waals surface area contributed by atoms with Crippen LogP contribution in [0.1, 0.15) is 24.5 Å². The van der Waals surface area contributed by atoms with E-state index in [0.29, 0.717) is 4.80 Å². The van der Waals surface area contributed by atoms with Crippen LogP contribution in [-0.4, -0.2) is 24.6 Å². The molecular weight excluding hydrogens is 380 g/mol. The second kappa shape index (κ2) is 7.78. The zero-order valence-corrected chi connectivity index (χ0v) is 17.2. The van der Waals surface area contributed by atoms with Gasteiger partial charge in [0.15, 0.2) is 14.6 Å². The maximum absolute atomic E-state index is 12.4. The average molecular weight is 403 g/mol. The first kappa shape index (κ1) is 19.5. The van der Waals surface area contributed by atoms with Crippen molar-refractivity contribution in [2.24, 2.45) is 4.99 Å². The van der Waals surface area contributed by atoms with E-state index in [2.05, 4.69) is 24.0 Å². The standard InChI is InChI=1S/C20H22N2O3S2/c1-4-10-22-17-12-14(2)11-15(3)19(17)26-20(22)21-18(23)13-27(24,25)16-8-6-5-7-9-16/h5-9,11-12H,4,10,13H2,1-3H3. The summed E-state index contributed by atoms with van der Waals surface area (Å²) in [5, 5.41) is 0. The first-order chi connectivity index (χ1) is 12.8. The number of amides is 1. The number of fused-ring (bicyclic) bond motifs is 1. The Hall–Kier alpha value is -2.25. The zero-order valence-electron chi connectivity index (χ0n) is 15.6. The summed E-state index contributed by atoms with van der Waals surface area (Å²) < 4.78 is 27.9. The van der Waals surface area contributed by atoms with E-state index in [-0.39, 0.29) is 4.90 Å². The van der Waals surface area contributed by atoms with Crippen molar-refractivity contribution in [3.63, 3.8) is 0 Å². The van der Waals surface area contributed by atoms with E-state index in [1.54, 1.807) is 18.2 Å². The molecule has 0 unspecified atom stereocenters. The van der Waals surface area contributed by atoms with Crippen LogP contribution in [0.4, 0.5) is 0 Å². The number of benzene rings is 2. The number of aromatic nitrogens is 1. The third-order valence-electron chi connectivity index (χ3n) is 4.20. The van der Waals surface area contributed by atoms with Crippen molar-refractivity contribution in [2.75, 3.05) is 5.75 Å². The molecule has 3 rings (SSSR count). The number of rotatable bonds is 5. The second-order valence-corrected chi connectivity index (χ2v) is 9.51. The highest BCUT2D eigenvalue weighted by Gasteiger charge is 2.19. The van der Waals surface area contributed by atoms with Crippen molar-refractivity contribution < 1.29 is 13.2 Å². The molecule has 0 saturated heterocycles. The molecule has 1 amide bonds. The molecule has 3 aromatic rings. The van der Waals surface area contributed by atoms with Crippen LogP contribution in [0.2, 0.25) is 0 Å². The summed E-state index contributed by atoms with van der Waals surface area (Å²) >= 11 is 1.43. The summed E-state index contributed by atoms with van der Waals surface area (Å²) in [4.78, 5) is 17.3. The van der Waals surface area contributed by atoms with Gasteiger partial charge in [0, 0.05) is 6.54 Å². The van der Waals surface area contributed by atoms with Crippen LogP contribution in [0, 0.1) is 13.8 Å². The van der Waals surface area contributed by atoms with Gasteiger partial charge in [0.25, 0.3) is 5.91 Å². The van der Waals surface area contributed by atoms with Gasteiger partial charge in [0.2, 0.25) is 0 Å². The molecule has 2 aromatic carbocycles. The van der Waals surface area contributed by atoms with Crippen molar-refractivity contribution in [1.29, 1.82) is 0 Å². The van der Waals surface area contributed by atoms with Crippen LogP contribution >= 0.6 is 11.3 Å². The lowest BCUT2D eigenvalue weighted by atomic mass is 10.1.